The van der Waals surface area contributed by atoms with E-state index in [9.17, 15) is 9.59 Å². The Hall–Kier alpha value is -2.15. The zero-order chi connectivity index (χ0) is 15.3. The molecule has 4 N–H and O–H groups in total. The van der Waals surface area contributed by atoms with Gasteiger partial charge >= 0.3 is 0 Å². The van der Waals surface area contributed by atoms with Crippen LogP contribution in [-0.4, -0.2) is 43.6 Å². The average molecular weight is 292 g/mol. The van der Waals surface area contributed by atoms with Gasteiger partial charge in [-0.3, -0.25) is 9.59 Å². The number of pyridine rings is 1. The molecule has 114 valence electrons. The van der Waals surface area contributed by atoms with Gasteiger partial charge in [0.05, 0.1) is 11.0 Å². The average Bonchev–Trinajstić information content (AvgIpc) is 2.53. The molecule has 1 aliphatic heterocycles. The van der Waals surface area contributed by atoms with Gasteiger partial charge in [-0.1, -0.05) is 0 Å². The molecule has 0 unspecified atom stereocenters. The summed E-state index contributed by atoms with van der Waals surface area (Å²) in [6, 6.07) is 3.36. The summed E-state index contributed by atoms with van der Waals surface area (Å²) < 4.78 is 5.29. The van der Waals surface area contributed by atoms with Crippen molar-refractivity contribution in [2.24, 2.45) is 11.1 Å². The van der Waals surface area contributed by atoms with Crippen LogP contribution >= 0.6 is 0 Å². The monoisotopic (exact) mass is 292 g/mol. The third-order valence-corrected chi connectivity index (χ3v) is 3.85. The second-order valence-electron chi connectivity index (χ2n) is 5.09. The summed E-state index contributed by atoms with van der Waals surface area (Å²) in [6.07, 6.45) is 2.73. The lowest BCUT2D eigenvalue weighted by molar-refractivity contribution is -0.132. The molecule has 0 atom stereocenters. The Morgan fingerprint density at radius 1 is 1.43 bits per heavy atom. The number of nitrogens with one attached hydrogen (secondary N) is 2. The van der Waals surface area contributed by atoms with E-state index in [1.807, 2.05) is 0 Å². The van der Waals surface area contributed by atoms with Gasteiger partial charge in [-0.05, 0) is 25.0 Å². The fourth-order valence-corrected chi connectivity index (χ4v) is 2.39. The Morgan fingerprint density at radius 3 is 2.76 bits per heavy atom. The minimum absolute atomic E-state index is 0.231. The molecular weight excluding hydrogens is 272 g/mol. The highest BCUT2D eigenvalue weighted by Gasteiger charge is 2.38. The number of hydrogen-bond donors (Lipinski definition) is 3. The molecule has 1 aromatic rings. The van der Waals surface area contributed by atoms with E-state index in [4.69, 9.17) is 10.5 Å². The normalized spacial score (nSPS) is 17.0. The quantitative estimate of drug-likeness (QED) is 0.715. The van der Waals surface area contributed by atoms with Crippen molar-refractivity contribution in [2.45, 2.75) is 12.8 Å². The molecule has 7 nitrogen and oxygen atoms in total. The second kappa shape index (κ2) is 6.53. The highest BCUT2D eigenvalue weighted by Crippen LogP contribution is 2.30. The largest absolute Gasteiger partial charge is 0.381 e. The SMILES string of the molecule is CNC(=O)c1cccnc1NCC1(C(N)=O)CCOCC1. The lowest BCUT2D eigenvalue weighted by Crippen LogP contribution is -2.46. The summed E-state index contributed by atoms with van der Waals surface area (Å²) in [4.78, 5) is 27.8. The first-order valence-electron chi connectivity index (χ1n) is 6.88. The van der Waals surface area contributed by atoms with Crippen LogP contribution in [0.15, 0.2) is 18.3 Å². The van der Waals surface area contributed by atoms with Gasteiger partial charge in [0.2, 0.25) is 5.91 Å². The number of carbonyl (C=O) groups is 2. The molecular formula is C14H20N4O3. The minimum Gasteiger partial charge on any atom is -0.381 e. The maximum Gasteiger partial charge on any atom is 0.254 e. The molecule has 2 rings (SSSR count). The van der Waals surface area contributed by atoms with E-state index in [0.29, 0.717) is 44.0 Å². The molecule has 1 saturated heterocycles. The number of hydrogen-bond acceptors (Lipinski definition) is 5. The molecule has 1 aromatic heterocycles. The zero-order valence-corrected chi connectivity index (χ0v) is 12.0. The Bertz CT molecular complexity index is 527. The molecule has 2 amide bonds. The smallest absolute Gasteiger partial charge is 0.254 e. The molecule has 1 aliphatic rings. The Kier molecular flexibility index (Phi) is 4.74. The van der Waals surface area contributed by atoms with Crippen molar-refractivity contribution in [2.75, 3.05) is 32.1 Å². The van der Waals surface area contributed by atoms with Crippen LogP contribution in [0.25, 0.3) is 0 Å². The number of rotatable bonds is 5. The number of nitrogens with zero attached hydrogens (tertiary/aromatic N) is 1. The van der Waals surface area contributed by atoms with E-state index < -0.39 is 5.41 Å². The van der Waals surface area contributed by atoms with Gasteiger partial charge in [-0.15, -0.1) is 0 Å². The van der Waals surface area contributed by atoms with E-state index in [1.165, 1.54) is 0 Å². The van der Waals surface area contributed by atoms with Crippen LogP contribution in [0.2, 0.25) is 0 Å². The molecule has 0 saturated carbocycles. The molecule has 0 aliphatic carbocycles. The van der Waals surface area contributed by atoms with Crippen molar-refractivity contribution >= 4 is 17.6 Å². The molecule has 0 radical (unpaired) electrons. The van der Waals surface area contributed by atoms with Gasteiger partial charge in [-0.25, -0.2) is 4.98 Å². The summed E-state index contributed by atoms with van der Waals surface area (Å²) in [5.41, 5.74) is 5.34. The molecule has 0 spiro atoms. The van der Waals surface area contributed by atoms with Crippen LogP contribution in [0.1, 0.15) is 23.2 Å². The van der Waals surface area contributed by atoms with Crippen molar-refractivity contribution in [1.82, 2.24) is 10.3 Å². The molecule has 21 heavy (non-hydrogen) atoms. The zero-order valence-electron chi connectivity index (χ0n) is 12.0. The van der Waals surface area contributed by atoms with Crippen molar-refractivity contribution in [3.8, 4) is 0 Å². The van der Waals surface area contributed by atoms with Gasteiger partial charge in [0.1, 0.15) is 5.82 Å². The number of primary amides is 1. The fraction of sp³-hybridized carbons (Fsp3) is 0.500. The predicted octanol–water partition coefficient (Wildman–Crippen LogP) is 0.135. The number of ether oxygens (including phenoxy) is 1. The Balaban J connectivity index is 2.15. The second-order valence-corrected chi connectivity index (χ2v) is 5.09. The van der Waals surface area contributed by atoms with Crippen LogP contribution in [0, 0.1) is 5.41 Å². The summed E-state index contributed by atoms with van der Waals surface area (Å²) in [7, 11) is 1.56. The summed E-state index contributed by atoms with van der Waals surface area (Å²) in [6.45, 7) is 1.36. The first-order chi connectivity index (χ1) is 10.1. The maximum atomic E-state index is 11.8. The molecule has 1 fully saturated rings. The van der Waals surface area contributed by atoms with Gasteiger partial charge in [-0.2, -0.15) is 0 Å². The number of carbonyl (C=O) groups excluding carboxylic acids is 2. The lowest BCUT2D eigenvalue weighted by Gasteiger charge is -2.34. The topological polar surface area (TPSA) is 106 Å². The van der Waals surface area contributed by atoms with Gasteiger partial charge in [0, 0.05) is 33.0 Å². The number of nitrogens with two attached hydrogens (primary N) is 1. The Morgan fingerprint density at radius 2 is 2.14 bits per heavy atom. The van der Waals surface area contributed by atoms with Gasteiger partial charge < -0.3 is 21.1 Å². The maximum absolute atomic E-state index is 11.8. The van der Waals surface area contributed by atoms with E-state index in [0.717, 1.165) is 0 Å². The van der Waals surface area contributed by atoms with E-state index in [1.54, 1.807) is 25.4 Å². The highest BCUT2D eigenvalue weighted by atomic mass is 16.5. The van der Waals surface area contributed by atoms with Crippen LogP contribution in [0.5, 0.6) is 0 Å². The van der Waals surface area contributed by atoms with Crippen LogP contribution in [0.4, 0.5) is 5.82 Å². The number of aromatic nitrogens is 1. The van der Waals surface area contributed by atoms with E-state index in [-0.39, 0.29) is 11.8 Å². The van der Waals surface area contributed by atoms with Gasteiger partial charge in [0.25, 0.3) is 5.91 Å². The van der Waals surface area contributed by atoms with Crippen molar-refractivity contribution in [1.29, 1.82) is 0 Å². The first kappa shape index (κ1) is 15.2. The van der Waals surface area contributed by atoms with Crippen molar-refractivity contribution in [3.05, 3.63) is 23.9 Å². The lowest BCUT2D eigenvalue weighted by atomic mass is 9.79. The Labute approximate surface area is 123 Å². The van der Waals surface area contributed by atoms with E-state index in [2.05, 4.69) is 15.6 Å². The predicted molar refractivity (Wildman–Crippen MR) is 77.8 cm³/mol. The highest BCUT2D eigenvalue weighted by molar-refractivity contribution is 5.98. The van der Waals surface area contributed by atoms with Crippen molar-refractivity contribution < 1.29 is 14.3 Å². The first-order valence-corrected chi connectivity index (χ1v) is 6.88. The van der Waals surface area contributed by atoms with E-state index >= 15 is 0 Å². The molecule has 0 bridgehead atoms. The molecule has 2 heterocycles. The standard InChI is InChI=1S/C14H20N4O3/c1-16-12(19)10-3-2-6-17-11(10)18-9-14(13(15)20)4-7-21-8-5-14/h2-3,6H,4-5,7-9H2,1H3,(H2,15,20)(H,16,19)(H,17,18). The summed E-state index contributed by atoms with van der Waals surface area (Å²) >= 11 is 0. The summed E-state index contributed by atoms with van der Waals surface area (Å²) in [5.74, 6) is -0.134. The third-order valence-electron chi connectivity index (χ3n) is 3.85. The van der Waals surface area contributed by atoms with Gasteiger partial charge in [0.15, 0.2) is 0 Å². The van der Waals surface area contributed by atoms with Crippen LogP contribution in [-0.2, 0) is 9.53 Å². The molecule has 7 heteroatoms. The summed E-state index contributed by atoms with van der Waals surface area (Å²) in [5, 5.41) is 5.65. The minimum atomic E-state index is -0.657. The fourth-order valence-electron chi connectivity index (χ4n) is 2.39. The van der Waals surface area contributed by atoms with Crippen molar-refractivity contribution in [3.63, 3.8) is 0 Å². The number of amides is 2. The van der Waals surface area contributed by atoms with Crippen LogP contribution in [0.3, 0.4) is 0 Å². The molecule has 0 aromatic carbocycles. The third kappa shape index (κ3) is 3.30. The van der Waals surface area contributed by atoms with Crippen LogP contribution < -0.4 is 16.4 Å². The number of anilines is 1.